The van der Waals surface area contributed by atoms with E-state index in [1.54, 1.807) is 0 Å². The van der Waals surface area contributed by atoms with Crippen molar-refractivity contribution in [3.05, 3.63) is 24.3 Å². The molecule has 2 N–H and O–H groups in total. The molecule has 0 bridgehead atoms. The van der Waals surface area contributed by atoms with Gasteiger partial charge >= 0.3 is 6.03 Å². The van der Waals surface area contributed by atoms with Crippen LogP contribution in [-0.2, 0) is 28.8 Å². The Morgan fingerprint density at radius 3 is 1.27 bits per heavy atom. The average Bonchev–Trinajstić information content (AvgIpc) is 3.05. The number of hydrogen-bond acceptors (Lipinski definition) is 7. The molecule has 0 atom stereocenters. The molecule has 2 rings (SSSR count). The highest BCUT2D eigenvalue weighted by Gasteiger charge is 2.25. The number of amides is 8. The fourth-order valence-electron chi connectivity index (χ4n) is 2.14. The molecule has 26 heavy (non-hydrogen) atoms. The van der Waals surface area contributed by atoms with Gasteiger partial charge < -0.3 is 0 Å². The third kappa shape index (κ3) is 4.69. The average molecular weight is 362 g/mol. The Hall–Kier alpha value is -3.63. The molecule has 2 aliphatic heterocycles. The molecule has 11 nitrogen and oxygen atoms in total. The number of carbonyl (C=O) groups is 7. The van der Waals surface area contributed by atoms with Gasteiger partial charge in [-0.15, -0.1) is 0 Å². The quantitative estimate of drug-likeness (QED) is 0.517. The number of nitrogens with one attached hydrogen (secondary N) is 2. The molecular weight excluding hydrogens is 348 g/mol. The first-order valence-electron chi connectivity index (χ1n) is 7.48. The zero-order valence-corrected chi connectivity index (χ0v) is 13.4. The Morgan fingerprint density at radius 1 is 0.654 bits per heavy atom. The molecule has 0 spiro atoms. The Kier molecular flexibility index (Phi) is 5.73. The summed E-state index contributed by atoms with van der Waals surface area (Å²) in [5, 5.41) is 3.74. The van der Waals surface area contributed by atoms with Crippen molar-refractivity contribution in [3.63, 3.8) is 0 Å². The minimum atomic E-state index is -1.09. The summed E-state index contributed by atoms with van der Waals surface area (Å²) in [5.74, 6) is -3.80. The highest BCUT2D eigenvalue weighted by Crippen LogP contribution is 2.05. The summed E-state index contributed by atoms with van der Waals surface area (Å²) < 4.78 is 0. The standard InChI is InChI=1S/C15H14N4O7/c20-9(5-7-18-11(22)1-2-12(18)23)16-15(26)17-10(21)6-8-19-13(24)3-4-14(19)25/h1-4H,5-8H2,(H2,16,17,20,21,26). The molecule has 0 aliphatic carbocycles. The maximum atomic E-state index is 11.6. The number of rotatable bonds is 6. The van der Waals surface area contributed by atoms with Gasteiger partial charge in [0.2, 0.25) is 11.8 Å². The van der Waals surface area contributed by atoms with Gasteiger partial charge in [0.25, 0.3) is 23.6 Å². The number of hydrogen-bond donors (Lipinski definition) is 2. The van der Waals surface area contributed by atoms with Crippen LogP contribution in [-0.4, -0.2) is 64.4 Å². The fourth-order valence-corrected chi connectivity index (χ4v) is 2.14. The molecule has 0 aromatic carbocycles. The molecule has 0 saturated heterocycles. The van der Waals surface area contributed by atoms with Gasteiger partial charge in [0.1, 0.15) is 0 Å². The van der Waals surface area contributed by atoms with Gasteiger partial charge in [0.15, 0.2) is 0 Å². The molecule has 2 aliphatic rings. The van der Waals surface area contributed by atoms with E-state index in [0.717, 1.165) is 34.1 Å². The van der Waals surface area contributed by atoms with Crippen LogP contribution in [0.1, 0.15) is 12.8 Å². The van der Waals surface area contributed by atoms with E-state index in [-0.39, 0.29) is 25.9 Å². The van der Waals surface area contributed by atoms with Crippen molar-refractivity contribution in [1.82, 2.24) is 20.4 Å². The zero-order chi connectivity index (χ0) is 19.3. The molecule has 0 aromatic rings. The third-order valence-corrected chi connectivity index (χ3v) is 3.43. The second kappa shape index (κ2) is 7.96. The lowest BCUT2D eigenvalue weighted by atomic mass is 10.3. The van der Waals surface area contributed by atoms with E-state index in [4.69, 9.17) is 0 Å². The Labute approximate surface area is 146 Å². The van der Waals surface area contributed by atoms with Crippen molar-refractivity contribution in [3.8, 4) is 0 Å². The predicted octanol–water partition coefficient (Wildman–Crippen LogP) is -2.03. The van der Waals surface area contributed by atoms with Gasteiger partial charge in [-0.25, -0.2) is 4.79 Å². The van der Waals surface area contributed by atoms with Crippen LogP contribution in [0.15, 0.2) is 24.3 Å². The van der Waals surface area contributed by atoms with E-state index in [2.05, 4.69) is 0 Å². The van der Waals surface area contributed by atoms with Gasteiger partial charge in [-0.05, 0) is 0 Å². The molecule has 0 aromatic heterocycles. The Bertz CT molecular complexity index is 670. The summed E-state index contributed by atoms with van der Waals surface area (Å²) in [6, 6.07) is -1.09. The molecule has 11 heteroatoms. The lowest BCUT2D eigenvalue weighted by molar-refractivity contribution is -0.139. The highest BCUT2D eigenvalue weighted by atomic mass is 16.2. The van der Waals surface area contributed by atoms with Crippen LogP contribution in [0.25, 0.3) is 0 Å². The molecular formula is C15H14N4O7. The topological polar surface area (TPSA) is 150 Å². The van der Waals surface area contributed by atoms with Crippen LogP contribution >= 0.6 is 0 Å². The number of urea groups is 1. The first-order valence-corrected chi connectivity index (χ1v) is 7.48. The van der Waals surface area contributed by atoms with Crippen LogP contribution in [0.3, 0.4) is 0 Å². The van der Waals surface area contributed by atoms with Crippen molar-refractivity contribution < 1.29 is 33.6 Å². The predicted molar refractivity (Wildman–Crippen MR) is 82.6 cm³/mol. The largest absolute Gasteiger partial charge is 0.328 e. The van der Waals surface area contributed by atoms with Crippen LogP contribution in [0, 0.1) is 0 Å². The van der Waals surface area contributed by atoms with E-state index in [1.807, 2.05) is 10.6 Å². The van der Waals surface area contributed by atoms with Gasteiger partial charge in [0.05, 0.1) is 0 Å². The monoisotopic (exact) mass is 362 g/mol. The summed E-state index contributed by atoms with van der Waals surface area (Å²) in [4.78, 5) is 81.6. The van der Waals surface area contributed by atoms with Crippen molar-refractivity contribution in [2.45, 2.75) is 12.8 Å². The number of imide groups is 4. The molecule has 0 unspecified atom stereocenters. The first-order chi connectivity index (χ1) is 12.3. The summed E-state index contributed by atoms with van der Waals surface area (Å²) in [6.45, 7) is -0.409. The molecule has 8 amide bonds. The minimum absolute atomic E-state index is 0.204. The molecule has 0 fully saturated rings. The van der Waals surface area contributed by atoms with E-state index in [9.17, 15) is 33.6 Å². The number of nitrogens with zero attached hydrogens (tertiary/aromatic N) is 2. The van der Waals surface area contributed by atoms with Gasteiger partial charge in [-0.3, -0.25) is 49.2 Å². The fraction of sp³-hybridized carbons (Fsp3) is 0.267. The van der Waals surface area contributed by atoms with Gasteiger partial charge in [0, 0.05) is 50.2 Å². The lowest BCUT2D eigenvalue weighted by Gasteiger charge is -2.14. The summed E-state index contributed by atoms with van der Waals surface area (Å²) >= 11 is 0. The van der Waals surface area contributed by atoms with Crippen LogP contribution in [0.2, 0.25) is 0 Å². The maximum absolute atomic E-state index is 11.6. The van der Waals surface area contributed by atoms with E-state index in [1.165, 1.54) is 0 Å². The summed E-state index contributed by atoms with van der Waals surface area (Å²) in [7, 11) is 0. The Morgan fingerprint density at radius 2 is 0.962 bits per heavy atom. The van der Waals surface area contributed by atoms with E-state index in [0.29, 0.717) is 0 Å². The lowest BCUT2D eigenvalue weighted by Crippen LogP contribution is -2.44. The second-order valence-electron chi connectivity index (χ2n) is 5.25. The second-order valence-corrected chi connectivity index (χ2v) is 5.25. The molecule has 0 saturated carbocycles. The van der Waals surface area contributed by atoms with E-state index < -0.39 is 41.5 Å². The van der Waals surface area contributed by atoms with Crippen LogP contribution < -0.4 is 10.6 Å². The summed E-state index contributed by atoms with van der Waals surface area (Å²) in [5.41, 5.74) is 0. The highest BCUT2D eigenvalue weighted by molar-refractivity contribution is 6.13. The molecule has 136 valence electrons. The van der Waals surface area contributed by atoms with Crippen molar-refractivity contribution in [2.24, 2.45) is 0 Å². The van der Waals surface area contributed by atoms with Crippen molar-refractivity contribution in [2.75, 3.05) is 13.1 Å². The van der Waals surface area contributed by atoms with Crippen molar-refractivity contribution in [1.29, 1.82) is 0 Å². The zero-order valence-electron chi connectivity index (χ0n) is 13.4. The number of carbonyl (C=O) groups excluding carboxylic acids is 7. The normalized spacial score (nSPS) is 15.8. The molecule has 2 heterocycles. The van der Waals surface area contributed by atoms with Crippen LogP contribution in [0.5, 0.6) is 0 Å². The summed E-state index contributed by atoms with van der Waals surface area (Å²) in [6.07, 6.45) is 3.63. The van der Waals surface area contributed by atoms with Gasteiger partial charge in [-0.2, -0.15) is 0 Å². The maximum Gasteiger partial charge on any atom is 0.328 e. The third-order valence-electron chi connectivity index (χ3n) is 3.43. The van der Waals surface area contributed by atoms with Gasteiger partial charge in [-0.1, -0.05) is 0 Å². The SMILES string of the molecule is O=C(CCN1C(=O)C=CC1=O)NC(=O)NC(=O)CCN1C(=O)C=CC1=O. The van der Waals surface area contributed by atoms with Crippen molar-refractivity contribution >= 4 is 41.5 Å². The Balaban J connectivity index is 1.67. The first kappa shape index (κ1) is 18.7. The molecule has 0 radical (unpaired) electrons. The minimum Gasteiger partial charge on any atom is -0.278 e. The van der Waals surface area contributed by atoms with Crippen LogP contribution in [0.4, 0.5) is 4.79 Å². The smallest absolute Gasteiger partial charge is 0.278 e. The van der Waals surface area contributed by atoms with E-state index >= 15 is 0 Å².